The van der Waals surface area contributed by atoms with Crippen LogP contribution in [-0.4, -0.2) is 35.1 Å². The monoisotopic (exact) mass is 310 g/mol. The van der Waals surface area contributed by atoms with Crippen LogP contribution in [-0.2, 0) is 0 Å². The standard InChI is InChI=1S/C18H15FN2O2/c19-17-14(10-20)2-1-3-16(17)12-4-6-13(7-5-12)18(23)21-9-8-15(22)11-21/h1-7,15,22H,8-9,11H2. The highest BCUT2D eigenvalue weighted by Gasteiger charge is 2.25. The van der Waals surface area contributed by atoms with Gasteiger partial charge in [0.15, 0.2) is 0 Å². The second-order valence-electron chi connectivity index (χ2n) is 5.55. The van der Waals surface area contributed by atoms with E-state index in [0.717, 1.165) is 0 Å². The Morgan fingerprint density at radius 1 is 1.26 bits per heavy atom. The number of β-amino-alcohol motifs (C(OH)–C–C–N with tert-alkyl or cyclic N) is 1. The van der Waals surface area contributed by atoms with Crippen LogP contribution >= 0.6 is 0 Å². The molecule has 3 rings (SSSR count). The van der Waals surface area contributed by atoms with Crippen molar-refractivity contribution in [2.45, 2.75) is 12.5 Å². The number of amides is 1. The van der Waals surface area contributed by atoms with E-state index in [1.807, 2.05) is 6.07 Å². The van der Waals surface area contributed by atoms with Gasteiger partial charge >= 0.3 is 0 Å². The van der Waals surface area contributed by atoms with Crippen molar-refractivity contribution >= 4 is 5.91 Å². The van der Waals surface area contributed by atoms with E-state index < -0.39 is 11.9 Å². The molecule has 4 nitrogen and oxygen atoms in total. The second kappa shape index (κ2) is 6.19. The first-order valence-electron chi connectivity index (χ1n) is 7.36. The smallest absolute Gasteiger partial charge is 0.253 e. The second-order valence-corrected chi connectivity index (χ2v) is 5.55. The molecule has 0 aromatic heterocycles. The van der Waals surface area contributed by atoms with Gasteiger partial charge in [0.1, 0.15) is 11.9 Å². The summed E-state index contributed by atoms with van der Waals surface area (Å²) in [5.41, 5.74) is 1.44. The van der Waals surface area contributed by atoms with E-state index in [2.05, 4.69) is 0 Å². The molecule has 5 heteroatoms. The molecule has 0 saturated carbocycles. The topological polar surface area (TPSA) is 64.3 Å². The van der Waals surface area contributed by atoms with Crippen LogP contribution in [0.4, 0.5) is 4.39 Å². The number of benzene rings is 2. The number of rotatable bonds is 2. The molecular weight excluding hydrogens is 295 g/mol. The Labute approximate surface area is 133 Å². The molecule has 2 aromatic rings. The van der Waals surface area contributed by atoms with Crippen molar-refractivity contribution in [1.82, 2.24) is 4.90 Å². The van der Waals surface area contributed by atoms with Crippen LogP contribution in [0.2, 0.25) is 0 Å². The van der Waals surface area contributed by atoms with Crippen molar-refractivity contribution < 1.29 is 14.3 Å². The Morgan fingerprint density at radius 3 is 2.61 bits per heavy atom. The van der Waals surface area contributed by atoms with E-state index in [9.17, 15) is 14.3 Å². The minimum absolute atomic E-state index is 0.00583. The van der Waals surface area contributed by atoms with Crippen molar-refractivity contribution in [1.29, 1.82) is 5.26 Å². The molecule has 1 aliphatic heterocycles. The van der Waals surface area contributed by atoms with Gasteiger partial charge in [0.2, 0.25) is 0 Å². The average Bonchev–Trinajstić information content (AvgIpc) is 3.01. The van der Waals surface area contributed by atoms with Crippen LogP contribution in [0.1, 0.15) is 22.3 Å². The molecular formula is C18H15FN2O2. The van der Waals surface area contributed by atoms with Crippen molar-refractivity contribution in [2.24, 2.45) is 0 Å². The summed E-state index contributed by atoms with van der Waals surface area (Å²) in [7, 11) is 0. The molecule has 0 radical (unpaired) electrons. The molecule has 116 valence electrons. The number of aliphatic hydroxyl groups excluding tert-OH is 1. The lowest BCUT2D eigenvalue weighted by atomic mass is 10.0. The van der Waals surface area contributed by atoms with Gasteiger partial charge in [-0.25, -0.2) is 4.39 Å². The van der Waals surface area contributed by atoms with Gasteiger partial charge < -0.3 is 10.0 Å². The third-order valence-electron chi connectivity index (χ3n) is 4.01. The number of halogens is 1. The fourth-order valence-electron chi connectivity index (χ4n) is 2.74. The van der Waals surface area contributed by atoms with E-state index in [1.165, 1.54) is 6.07 Å². The molecule has 0 spiro atoms. The molecule has 1 fully saturated rings. The van der Waals surface area contributed by atoms with Crippen molar-refractivity contribution in [3.8, 4) is 17.2 Å². The number of nitrogens with zero attached hydrogens (tertiary/aromatic N) is 2. The highest BCUT2D eigenvalue weighted by atomic mass is 19.1. The van der Waals surface area contributed by atoms with Gasteiger partial charge in [0, 0.05) is 24.2 Å². The Bertz CT molecular complexity index is 781. The average molecular weight is 310 g/mol. The third-order valence-corrected chi connectivity index (χ3v) is 4.01. The number of carbonyl (C=O) groups is 1. The van der Waals surface area contributed by atoms with Gasteiger partial charge in [-0.15, -0.1) is 0 Å². The number of nitriles is 1. The number of aliphatic hydroxyl groups is 1. The maximum absolute atomic E-state index is 14.2. The first-order chi connectivity index (χ1) is 11.1. The van der Waals surface area contributed by atoms with E-state index >= 15 is 0 Å². The van der Waals surface area contributed by atoms with Crippen LogP contribution in [0.25, 0.3) is 11.1 Å². The Morgan fingerprint density at radius 2 is 2.00 bits per heavy atom. The highest BCUT2D eigenvalue weighted by Crippen LogP contribution is 2.25. The lowest BCUT2D eigenvalue weighted by molar-refractivity contribution is 0.0765. The van der Waals surface area contributed by atoms with Gasteiger partial charge in [0.25, 0.3) is 5.91 Å². The third kappa shape index (κ3) is 2.94. The van der Waals surface area contributed by atoms with Gasteiger partial charge in [0.05, 0.1) is 11.7 Å². The van der Waals surface area contributed by atoms with Gasteiger partial charge in [-0.2, -0.15) is 5.26 Å². The van der Waals surface area contributed by atoms with Crippen LogP contribution in [0, 0.1) is 17.1 Å². The molecule has 2 aromatic carbocycles. The fourth-order valence-corrected chi connectivity index (χ4v) is 2.74. The SMILES string of the molecule is N#Cc1cccc(-c2ccc(C(=O)N3CCC(O)C3)cc2)c1F. The molecule has 23 heavy (non-hydrogen) atoms. The summed E-state index contributed by atoms with van der Waals surface area (Å²) in [5.74, 6) is -0.698. The molecule has 0 aliphatic carbocycles. The lowest BCUT2D eigenvalue weighted by Crippen LogP contribution is -2.29. The van der Waals surface area contributed by atoms with Crippen LogP contribution in [0.3, 0.4) is 0 Å². The van der Waals surface area contributed by atoms with Crippen LogP contribution < -0.4 is 0 Å². The highest BCUT2D eigenvalue weighted by molar-refractivity contribution is 5.95. The molecule has 1 unspecified atom stereocenters. The van der Waals surface area contributed by atoms with Crippen molar-refractivity contribution in [3.05, 3.63) is 59.4 Å². The first-order valence-corrected chi connectivity index (χ1v) is 7.36. The number of likely N-dealkylation sites (tertiary alicyclic amines) is 1. The molecule has 1 aliphatic rings. The number of carbonyl (C=O) groups excluding carboxylic acids is 1. The summed E-state index contributed by atoms with van der Waals surface area (Å²) in [6, 6.07) is 13.1. The van der Waals surface area contributed by atoms with Gasteiger partial charge in [-0.1, -0.05) is 24.3 Å². The van der Waals surface area contributed by atoms with Crippen molar-refractivity contribution in [3.63, 3.8) is 0 Å². The zero-order chi connectivity index (χ0) is 16.4. The normalized spacial score (nSPS) is 17.1. The molecule has 1 saturated heterocycles. The summed E-state index contributed by atoms with van der Waals surface area (Å²) >= 11 is 0. The van der Waals surface area contributed by atoms with Crippen LogP contribution in [0.15, 0.2) is 42.5 Å². The minimum Gasteiger partial charge on any atom is -0.391 e. The fraction of sp³-hybridized carbons (Fsp3) is 0.222. The molecule has 0 bridgehead atoms. The molecule has 1 N–H and O–H groups in total. The van der Waals surface area contributed by atoms with Crippen LogP contribution in [0.5, 0.6) is 0 Å². The number of hydrogen-bond acceptors (Lipinski definition) is 3. The van der Waals surface area contributed by atoms with Gasteiger partial charge in [-0.3, -0.25) is 4.79 Å². The zero-order valence-electron chi connectivity index (χ0n) is 12.4. The maximum atomic E-state index is 14.2. The van der Waals surface area contributed by atoms with E-state index in [4.69, 9.17) is 5.26 Å². The largest absolute Gasteiger partial charge is 0.391 e. The predicted molar refractivity (Wildman–Crippen MR) is 83.1 cm³/mol. The van der Waals surface area contributed by atoms with Gasteiger partial charge in [-0.05, 0) is 30.2 Å². The zero-order valence-corrected chi connectivity index (χ0v) is 12.4. The summed E-state index contributed by atoms with van der Waals surface area (Å²) in [6.45, 7) is 0.889. The Hall–Kier alpha value is -2.71. The predicted octanol–water partition coefficient (Wildman–Crippen LogP) is 2.57. The Kier molecular flexibility index (Phi) is 4.09. The first kappa shape index (κ1) is 15.2. The van der Waals surface area contributed by atoms with E-state index in [-0.39, 0.29) is 11.5 Å². The van der Waals surface area contributed by atoms with E-state index in [1.54, 1.807) is 41.3 Å². The summed E-state index contributed by atoms with van der Waals surface area (Å²) in [5, 5.41) is 18.4. The van der Waals surface area contributed by atoms with E-state index in [0.29, 0.717) is 36.2 Å². The summed E-state index contributed by atoms with van der Waals surface area (Å²) < 4.78 is 14.2. The summed E-state index contributed by atoms with van der Waals surface area (Å²) in [6.07, 6.45) is 0.136. The maximum Gasteiger partial charge on any atom is 0.253 e. The number of hydrogen-bond donors (Lipinski definition) is 1. The molecule has 1 heterocycles. The van der Waals surface area contributed by atoms with Crippen molar-refractivity contribution in [2.75, 3.05) is 13.1 Å². The molecule has 1 amide bonds. The lowest BCUT2D eigenvalue weighted by Gasteiger charge is -2.15. The summed E-state index contributed by atoms with van der Waals surface area (Å²) in [4.78, 5) is 13.9. The Balaban J connectivity index is 1.86. The molecule has 1 atom stereocenters. The quantitative estimate of drug-likeness (QED) is 0.927. The minimum atomic E-state index is -0.559.